The minimum Gasteiger partial charge on any atom is -0.444 e. The van der Waals surface area contributed by atoms with E-state index in [1.54, 1.807) is 0 Å². The van der Waals surface area contributed by atoms with E-state index in [1.165, 1.54) is 0 Å². The molecule has 148 valence electrons. The van der Waals surface area contributed by atoms with Gasteiger partial charge in [-0.1, -0.05) is 12.1 Å². The lowest BCUT2D eigenvalue weighted by Gasteiger charge is -2.33. The normalized spacial score (nSPS) is 26.3. The molecule has 2 aliphatic rings. The zero-order chi connectivity index (χ0) is 19.6. The largest absolute Gasteiger partial charge is 0.486 e. The van der Waals surface area contributed by atoms with Gasteiger partial charge in [0.25, 0.3) is 0 Å². The zero-order valence-electron chi connectivity index (χ0n) is 17.4. The third kappa shape index (κ3) is 6.00. The lowest BCUT2D eigenvalue weighted by atomic mass is 9.90. The molecule has 2 rings (SSSR count). The Kier molecular flexibility index (Phi) is 6.46. The average molecular weight is 366 g/mol. The molecule has 0 aromatic carbocycles. The Bertz CT molecular complexity index is 512. The molecule has 2 aliphatic heterocycles. The Balaban J connectivity index is 1.77. The van der Waals surface area contributed by atoms with E-state index in [0.29, 0.717) is 0 Å². The summed E-state index contributed by atoms with van der Waals surface area (Å²) in [5, 5.41) is 2.98. The molecule has 0 bridgehead atoms. The highest BCUT2D eigenvalue weighted by Crippen LogP contribution is 2.36. The average Bonchev–Trinajstić information content (AvgIpc) is 2.64. The summed E-state index contributed by atoms with van der Waals surface area (Å²) in [5.74, 6) is 1.99. The Morgan fingerprint density at radius 1 is 1.27 bits per heavy atom. The summed E-state index contributed by atoms with van der Waals surface area (Å²) in [7, 11) is -0.305. The summed E-state index contributed by atoms with van der Waals surface area (Å²) < 4.78 is 17.3. The van der Waals surface area contributed by atoms with Gasteiger partial charge in [-0.25, -0.2) is 4.79 Å². The fourth-order valence-corrected chi connectivity index (χ4v) is 3.10. The second kappa shape index (κ2) is 7.91. The van der Waals surface area contributed by atoms with Crippen LogP contribution in [-0.4, -0.2) is 60.6 Å². The Hall–Kier alpha value is -1.05. The highest BCUT2D eigenvalue weighted by molar-refractivity contribution is 6.51. The van der Waals surface area contributed by atoms with Crippen molar-refractivity contribution in [3.05, 3.63) is 12.1 Å². The van der Waals surface area contributed by atoms with Gasteiger partial charge in [0.2, 0.25) is 0 Å². The van der Waals surface area contributed by atoms with Gasteiger partial charge in [0, 0.05) is 19.1 Å². The lowest BCUT2D eigenvalue weighted by molar-refractivity contribution is 0.00578. The Morgan fingerprint density at radius 3 is 2.46 bits per heavy atom. The summed E-state index contributed by atoms with van der Waals surface area (Å²) in [6.45, 7) is 16.5. The standard InChI is InChI=1S/C19H35BN2O4/c1-17(2,3)24-16(23)21-15-10-8-12-22(14-15)13-9-11-20-25-18(4,5)19(6,7)26-20/h9,11,15H,8,10,12-14H2,1-7H3,(H,21,23)/b11-9+. The molecule has 0 aliphatic carbocycles. The Morgan fingerprint density at radius 2 is 1.88 bits per heavy atom. The van der Waals surface area contributed by atoms with Gasteiger partial charge in [-0.15, -0.1) is 0 Å². The van der Waals surface area contributed by atoms with E-state index >= 15 is 0 Å². The van der Waals surface area contributed by atoms with Gasteiger partial charge in [-0.3, -0.25) is 4.90 Å². The summed E-state index contributed by atoms with van der Waals surface area (Å²) in [6, 6.07) is 0.129. The van der Waals surface area contributed by atoms with Crippen LogP contribution in [0.4, 0.5) is 4.79 Å². The SMILES string of the molecule is CC(C)(C)OC(=O)NC1CCCN(C/C=C/B2OC(C)(C)C(C)(C)O2)C1. The number of alkyl carbamates (subject to hydrolysis) is 1. The van der Waals surface area contributed by atoms with Crippen molar-refractivity contribution < 1.29 is 18.8 Å². The van der Waals surface area contributed by atoms with Crippen molar-refractivity contribution in [3.63, 3.8) is 0 Å². The van der Waals surface area contributed by atoms with Gasteiger partial charge in [0.05, 0.1) is 11.2 Å². The molecule has 2 heterocycles. The first-order chi connectivity index (χ1) is 11.9. The van der Waals surface area contributed by atoms with E-state index in [0.717, 1.165) is 32.5 Å². The Labute approximate surface area is 158 Å². The van der Waals surface area contributed by atoms with E-state index in [9.17, 15) is 4.79 Å². The maximum atomic E-state index is 11.9. The maximum Gasteiger partial charge on any atom is 0.486 e. The molecule has 0 saturated carbocycles. The van der Waals surface area contributed by atoms with Crippen LogP contribution in [0.3, 0.4) is 0 Å². The minimum absolute atomic E-state index is 0.129. The van der Waals surface area contributed by atoms with E-state index < -0.39 is 5.60 Å². The van der Waals surface area contributed by atoms with Gasteiger partial charge in [0.15, 0.2) is 0 Å². The molecule has 0 aromatic heterocycles. The third-order valence-corrected chi connectivity index (χ3v) is 5.15. The van der Waals surface area contributed by atoms with Crippen LogP contribution in [-0.2, 0) is 14.0 Å². The summed E-state index contributed by atoms with van der Waals surface area (Å²) in [4.78, 5) is 14.3. The lowest BCUT2D eigenvalue weighted by Crippen LogP contribution is -2.48. The van der Waals surface area contributed by atoms with Crippen LogP contribution in [0.15, 0.2) is 12.1 Å². The zero-order valence-corrected chi connectivity index (χ0v) is 17.4. The van der Waals surface area contributed by atoms with Gasteiger partial charge in [-0.2, -0.15) is 0 Å². The fourth-order valence-electron chi connectivity index (χ4n) is 3.10. The quantitative estimate of drug-likeness (QED) is 0.775. The van der Waals surface area contributed by atoms with Crippen LogP contribution < -0.4 is 5.32 Å². The van der Waals surface area contributed by atoms with Crippen LogP contribution in [0.2, 0.25) is 0 Å². The fraction of sp³-hybridized carbons (Fsp3) is 0.842. The van der Waals surface area contributed by atoms with Crippen molar-refractivity contribution >= 4 is 13.2 Å². The molecule has 26 heavy (non-hydrogen) atoms. The summed E-state index contributed by atoms with van der Waals surface area (Å²) in [5.41, 5.74) is -1.09. The van der Waals surface area contributed by atoms with Crippen molar-refractivity contribution in [2.45, 2.75) is 84.2 Å². The van der Waals surface area contributed by atoms with Crippen molar-refractivity contribution in [3.8, 4) is 0 Å². The number of hydrogen-bond acceptors (Lipinski definition) is 5. The number of carbonyl (C=O) groups is 1. The number of hydrogen-bond donors (Lipinski definition) is 1. The number of carbonyl (C=O) groups excluding carboxylic acids is 1. The van der Waals surface area contributed by atoms with Crippen molar-refractivity contribution in [1.29, 1.82) is 0 Å². The third-order valence-electron chi connectivity index (χ3n) is 5.15. The first-order valence-electron chi connectivity index (χ1n) is 9.62. The van der Waals surface area contributed by atoms with Crippen LogP contribution in [0.5, 0.6) is 0 Å². The second-order valence-electron chi connectivity index (χ2n) is 9.30. The minimum atomic E-state index is -0.468. The summed E-state index contributed by atoms with van der Waals surface area (Å²) in [6.07, 6.45) is 3.80. The molecule has 6 nitrogen and oxygen atoms in total. The predicted octanol–water partition coefficient (Wildman–Crippen LogP) is 3.16. The van der Waals surface area contributed by atoms with E-state index in [2.05, 4.69) is 44.0 Å². The predicted molar refractivity (Wildman–Crippen MR) is 104 cm³/mol. The number of amides is 1. The van der Waals surface area contributed by atoms with E-state index in [1.807, 2.05) is 26.7 Å². The number of piperidine rings is 1. The van der Waals surface area contributed by atoms with Crippen molar-refractivity contribution in [2.75, 3.05) is 19.6 Å². The molecule has 2 fully saturated rings. The van der Waals surface area contributed by atoms with E-state index in [4.69, 9.17) is 14.0 Å². The highest BCUT2D eigenvalue weighted by Gasteiger charge is 2.49. The first-order valence-corrected chi connectivity index (χ1v) is 9.62. The van der Waals surface area contributed by atoms with Crippen molar-refractivity contribution in [1.82, 2.24) is 10.2 Å². The molecule has 1 unspecified atom stereocenters. The molecule has 1 atom stereocenters. The molecule has 1 N–H and O–H groups in total. The van der Waals surface area contributed by atoms with Crippen LogP contribution >= 0.6 is 0 Å². The molecule has 0 aromatic rings. The highest BCUT2D eigenvalue weighted by atomic mass is 16.7. The van der Waals surface area contributed by atoms with Crippen LogP contribution in [0.25, 0.3) is 0 Å². The first kappa shape index (κ1) is 21.3. The number of nitrogens with zero attached hydrogens (tertiary/aromatic N) is 1. The van der Waals surface area contributed by atoms with Gasteiger partial charge >= 0.3 is 13.2 Å². The molecule has 2 saturated heterocycles. The molecule has 0 radical (unpaired) electrons. The van der Waals surface area contributed by atoms with E-state index in [-0.39, 0.29) is 30.5 Å². The van der Waals surface area contributed by atoms with Crippen LogP contribution in [0.1, 0.15) is 61.3 Å². The monoisotopic (exact) mass is 366 g/mol. The van der Waals surface area contributed by atoms with Gasteiger partial charge < -0.3 is 19.4 Å². The summed E-state index contributed by atoms with van der Waals surface area (Å²) >= 11 is 0. The topological polar surface area (TPSA) is 60.0 Å². The van der Waals surface area contributed by atoms with Gasteiger partial charge in [0.1, 0.15) is 5.60 Å². The van der Waals surface area contributed by atoms with Crippen molar-refractivity contribution in [2.24, 2.45) is 0 Å². The molecule has 7 heteroatoms. The molecule has 0 spiro atoms. The van der Waals surface area contributed by atoms with Crippen LogP contribution in [0, 0.1) is 0 Å². The smallest absolute Gasteiger partial charge is 0.444 e. The number of likely N-dealkylation sites (tertiary alicyclic amines) is 1. The molecular formula is C19H35BN2O4. The number of rotatable bonds is 4. The van der Waals surface area contributed by atoms with Gasteiger partial charge in [-0.05, 0) is 67.9 Å². The number of nitrogens with one attached hydrogen (secondary N) is 1. The molecule has 1 amide bonds. The molecular weight excluding hydrogens is 331 g/mol. The maximum absolute atomic E-state index is 11.9. The number of ether oxygens (including phenoxy) is 1. The second-order valence-corrected chi connectivity index (χ2v) is 9.30.